The molecule has 0 saturated carbocycles. The molecule has 1 aliphatic heterocycles. The van der Waals surface area contributed by atoms with Gasteiger partial charge in [-0.2, -0.15) is 0 Å². The van der Waals surface area contributed by atoms with Gasteiger partial charge in [-0.3, -0.25) is 0 Å². The van der Waals surface area contributed by atoms with Crippen LogP contribution in [0.2, 0.25) is 0 Å². The predicted octanol–water partition coefficient (Wildman–Crippen LogP) is 4.49. The molecule has 170 valence electrons. The van der Waals surface area contributed by atoms with Crippen molar-refractivity contribution in [2.24, 2.45) is 5.92 Å². The number of piperidine rings is 1. The molecule has 0 bridgehead atoms. The zero-order chi connectivity index (χ0) is 22.1. The van der Waals surface area contributed by atoms with E-state index in [4.69, 9.17) is 14.2 Å². The van der Waals surface area contributed by atoms with E-state index in [1.165, 1.54) is 37.1 Å². The highest BCUT2D eigenvalue weighted by molar-refractivity contribution is 5.43. The fourth-order valence-electron chi connectivity index (χ4n) is 4.38. The van der Waals surface area contributed by atoms with Gasteiger partial charge in [0.2, 0.25) is 0 Å². The van der Waals surface area contributed by atoms with Gasteiger partial charge in [-0.05, 0) is 87.6 Å². The van der Waals surface area contributed by atoms with Crippen LogP contribution in [0.3, 0.4) is 0 Å². The number of nitrogens with zero attached hydrogens (tertiary/aromatic N) is 2. The largest absolute Gasteiger partial charge is 0.497 e. The zero-order valence-corrected chi connectivity index (χ0v) is 19.6. The highest BCUT2D eigenvalue weighted by Gasteiger charge is 2.20. The van der Waals surface area contributed by atoms with Crippen molar-refractivity contribution in [3.8, 4) is 17.2 Å². The fraction of sp³-hybridized carbons (Fsp3) is 0.538. The Labute approximate surface area is 187 Å². The second kappa shape index (κ2) is 12.0. The smallest absolute Gasteiger partial charge is 0.161 e. The van der Waals surface area contributed by atoms with E-state index in [1.54, 1.807) is 14.2 Å². The Bertz CT molecular complexity index is 786. The van der Waals surface area contributed by atoms with Gasteiger partial charge in [0.25, 0.3) is 0 Å². The summed E-state index contributed by atoms with van der Waals surface area (Å²) in [6.45, 7) is 8.26. The standard InChI is InChI=1S/C26H38N2O3/c1-5-31-26-18-23(8-11-25(26)30-4)20-27(2)19-22-13-16-28(17-14-22)15-12-21-6-9-24(29-3)10-7-21/h6-11,18,22H,5,12-17,19-20H2,1-4H3. The molecule has 1 fully saturated rings. The summed E-state index contributed by atoms with van der Waals surface area (Å²) in [6, 6.07) is 14.7. The molecule has 1 aliphatic rings. The van der Waals surface area contributed by atoms with E-state index in [0.717, 1.165) is 49.2 Å². The topological polar surface area (TPSA) is 34.2 Å². The van der Waals surface area contributed by atoms with Crippen molar-refractivity contribution in [1.82, 2.24) is 9.80 Å². The van der Waals surface area contributed by atoms with Crippen LogP contribution < -0.4 is 14.2 Å². The Hall–Kier alpha value is -2.24. The van der Waals surface area contributed by atoms with Crippen LogP contribution in [0.5, 0.6) is 17.2 Å². The van der Waals surface area contributed by atoms with E-state index in [2.05, 4.69) is 53.2 Å². The van der Waals surface area contributed by atoms with Crippen LogP contribution in [-0.2, 0) is 13.0 Å². The second-order valence-corrected chi connectivity index (χ2v) is 8.50. The van der Waals surface area contributed by atoms with Gasteiger partial charge in [-0.1, -0.05) is 18.2 Å². The van der Waals surface area contributed by atoms with Crippen molar-refractivity contribution < 1.29 is 14.2 Å². The normalized spacial score (nSPS) is 15.3. The lowest BCUT2D eigenvalue weighted by atomic mass is 9.95. The molecule has 0 atom stereocenters. The number of rotatable bonds is 11. The highest BCUT2D eigenvalue weighted by Crippen LogP contribution is 2.29. The summed E-state index contributed by atoms with van der Waals surface area (Å²) in [5.41, 5.74) is 2.65. The maximum Gasteiger partial charge on any atom is 0.161 e. The van der Waals surface area contributed by atoms with E-state index in [-0.39, 0.29) is 0 Å². The molecule has 0 amide bonds. The number of hydrogen-bond acceptors (Lipinski definition) is 5. The lowest BCUT2D eigenvalue weighted by molar-refractivity contribution is 0.153. The molecule has 0 spiro atoms. The van der Waals surface area contributed by atoms with Crippen LogP contribution >= 0.6 is 0 Å². The molecule has 0 N–H and O–H groups in total. The van der Waals surface area contributed by atoms with Crippen molar-refractivity contribution in [3.63, 3.8) is 0 Å². The van der Waals surface area contributed by atoms with Crippen LogP contribution in [-0.4, -0.2) is 63.9 Å². The minimum atomic E-state index is 0.646. The maximum absolute atomic E-state index is 5.72. The number of methoxy groups -OCH3 is 2. The number of likely N-dealkylation sites (tertiary alicyclic amines) is 1. The van der Waals surface area contributed by atoms with E-state index < -0.39 is 0 Å². The Kier molecular flexibility index (Phi) is 9.04. The minimum Gasteiger partial charge on any atom is -0.497 e. The summed E-state index contributed by atoms with van der Waals surface area (Å²) in [5.74, 6) is 3.33. The van der Waals surface area contributed by atoms with Gasteiger partial charge in [0.15, 0.2) is 11.5 Å². The van der Waals surface area contributed by atoms with Gasteiger partial charge in [0.05, 0.1) is 20.8 Å². The molecule has 2 aromatic rings. The van der Waals surface area contributed by atoms with Gasteiger partial charge >= 0.3 is 0 Å². The fourth-order valence-corrected chi connectivity index (χ4v) is 4.38. The average molecular weight is 427 g/mol. The Balaban J connectivity index is 1.40. The molecule has 5 heteroatoms. The van der Waals surface area contributed by atoms with Gasteiger partial charge in [0, 0.05) is 19.6 Å². The number of hydrogen-bond donors (Lipinski definition) is 0. The Morgan fingerprint density at radius 3 is 2.29 bits per heavy atom. The molecule has 0 radical (unpaired) electrons. The third kappa shape index (κ3) is 7.15. The Morgan fingerprint density at radius 1 is 0.935 bits per heavy atom. The minimum absolute atomic E-state index is 0.646. The third-order valence-electron chi connectivity index (χ3n) is 6.13. The summed E-state index contributed by atoms with van der Waals surface area (Å²) in [5, 5.41) is 0. The molecular weight excluding hydrogens is 388 g/mol. The molecule has 0 unspecified atom stereocenters. The summed E-state index contributed by atoms with van der Waals surface area (Å²) in [6.07, 6.45) is 3.66. The first-order valence-electron chi connectivity index (χ1n) is 11.4. The zero-order valence-electron chi connectivity index (χ0n) is 19.6. The molecule has 0 aliphatic carbocycles. The first-order chi connectivity index (χ1) is 15.1. The van der Waals surface area contributed by atoms with Crippen LogP contribution in [0.25, 0.3) is 0 Å². The first kappa shape index (κ1) is 23.4. The molecule has 2 aromatic carbocycles. The van der Waals surface area contributed by atoms with Gasteiger partial charge in [-0.25, -0.2) is 0 Å². The van der Waals surface area contributed by atoms with Crippen LogP contribution in [0, 0.1) is 5.92 Å². The molecule has 1 heterocycles. The summed E-state index contributed by atoms with van der Waals surface area (Å²) in [7, 11) is 5.62. The van der Waals surface area contributed by atoms with Crippen molar-refractivity contribution in [2.45, 2.75) is 32.7 Å². The highest BCUT2D eigenvalue weighted by atomic mass is 16.5. The quantitative estimate of drug-likeness (QED) is 0.529. The molecule has 3 rings (SSSR count). The van der Waals surface area contributed by atoms with Crippen molar-refractivity contribution in [1.29, 1.82) is 0 Å². The third-order valence-corrected chi connectivity index (χ3v) is 6.13. The van der Waals surface area contributed by atoms with Crippen LogP contribution in [0.15, 0.2) is 42.5 Å². The molecule has 31 heavy (non-hydrogen) atoms. The van der Waals surface area contributed by atoms with Gasteiger partial charge < -0.3 is 24.0 Å². The summed E-state index contributed by atoms with van der Waals surface area (Å²) >= 11 is 0. The SMILES string of the molecule is CCOc1cc(CN(C)CC2CCN(CCc3ccc(OC)cc3)CC2)ccc1OC. The maximum atomic E-state index is 5.72. The van der Waals surface area contributed by atoms with E-state index in [9.17, 15) is 0 Å². The summed E-state index contributed by atoms with van der Waals surface area (Å²) in [4.78, 5) is 5.05. The van der Waals surface area contributed by atoms with E-state index >= 15 is 0 Å². The van der Waals surface area contributed by atoms with Crippen molar-refractivity contribution in [3.05, 3.63) is 53.6 Å². The van der Waals surface area contributed by atoms with Gasteiger partial charge in [0.1, 0.15) is 5.75 Å². The lowest BCUT2D eigenvalue weighted by Crippen LogP contribution is -2.38. The average Bonchev–Trinajstić information content (AvgIpc) is 2.79. The number of benzene rings is 2. The number of ether oxygens (including phenoxy) is 3. The molecule has 5 nitrogen and oxygen atoms in total. The summed E-state index contributed by atoms with van der Waals surface area (Å²) < 4.78 is 16.4. The predicted molar refractivity (Wildman–Crippen MR) is 126 cm³/mol. The van der Waals surface area contributed by atoms with Gasteiger partial charge in [-0.15, -0.1) is 0 Å². The van der Waals surface area contributed by atoms with Crippen LogP contribution in [0.1, 0.15) is 30.9 Å². The Morgan fingerprint density at radius 2 is 1.65 bits per heavy atom. The van der Waals surface area contributed by atoms with Crippen LogP contribution in [0.4, 0.5) is 0 Å². The first-order valence-corrected chi connectivity index (χ1v) is 11.4. The van der Waals surface area contributed by atoms with E-state index in [1.807, 2.05) is 13.0 Å². The monoisotopic (exact) mass is 426 g/mol. The molecular formula is C26H38N2O3. The lowest BCUT2D eigenvalue weighted by Gasteiger charge is -2.34. The molecule has 0 aromatic heterocycles. The van der Waals surface area contributed by atoms with Crippen molar-refractivity contribution in [2.75, 3.05) is 54.1 Å². The molecule has 1 saturated heterocycles. The van der Waals surface area contributed by atoms with Crippen molar-refractivity contribution >= 4 is 0 Å². The van der Waals surface area contributed by atoms with E-state index in [0.29, 0.717) is 6.61 Å². The second-order valence-electron chi connectivity index (χ2n) is 8.50.